The van der Waals surface area contributed by atoms with Gasteiger partial charge in [0.15, 0.2) is 11.5 Å². The first-order valence-electron chi connectivity index (χ1n) is 8.83. The van der Waals surface area contributed by atoms with Crippen LogP contribution in [0.5, 0.6) is 11.5 Å². The van der Waals surface area contributed by atoms with Gasteiger partial charge in [-0.15, -0.1) is 11.3 Å². The Morgan fingerprint density at radius 2 is 1.75 bits per heavy atom. The molecule has 0 atom stereocenters. The lowest BCUT2D eigenvalue weighted by Gasteiger charge is -2.07. The number of nitrogens with zero attached hydrogens (tertiary/aromatic N) is 3. The Bertz CT molecular complexity index is 1100. The van der Waals surface area contributed by atoms with Gasteiger partial charge in [-0.3, -0.25) is 0 Å². The van der Waals surface area contributed by atoms with Crippen LogP contribution < -0.4 is 9.47 Å². The average molecular weight is 393 g/mol. The molecule has 4 aromatic rings. The Kier molecular flexibility index (Phi) is 5.08. The molecule has 0 fully saturated rings. The minimum absolute atomic E-state index is 0.420. The van der Waals surface area contributed by atoms with Crippen LogP contribution >= 0.6 is 11.3 Å². The Labute approximate surface area is 166 Å². The molecule has 0 aliphatic heterocycles. The molecular weight excluding hydrogens is 374 g/mol. The highest BCUT2D eigenvalue weighted by atomic mass is 32.1. The summed E-state index contributed by atoms with van der Waals surface area (Å²) in [6.45, 7) is 2.11. The number of aromatic nitrogens is 3. The van der Waals surface area contributed by atoms with Gasteiger partial charge in [-0.1, -0.05) is 30.3 Å². The fourth-order valence-electron chi connectivity index (χ4n) is 2.85. The topological polar surface area (TPSA) is 70.3 Å². The van der Waals surface area contributed by atoms with Crippen LogP contribution in [-0.2, 0) is 6.42 Å². The fraction of sp³-hybridized carbons (Fsp3) is 0.190. The van der Waals surface area contributed by atoms with E-state index in [0.29, 0.717) is 23.2 Å². The van der Waals surface area contributed by atoms with Crippen LogP contribution in [0.2, 0.25) is 0 Å². The highest BCUT2D eigenvalue weighted by molar-refractivity contribution is 7.09. The van der Waals surface area contributed by atoms with Crippen LogP contribution in [0.15, 0.2) is 52.4 Å². The van der Waals surface area contributed by atoms with Crippen LogP contribution in [0.4, 0.5) is 0 Å². The van der Waals surface area contributed by atoms with E-state index in [4.69, 9.17) is 14.0 Å². The van der Waals surface area contributed by atoms with Crippen molar-refractivity contribution in [2.75, 3.05) is 14.2 Å². The van der Waals surface area contributed by atoms with Crippen LogP contribution in [0, 0.1) is 0 Å². The summed E-state index contributed by atoms with van der Waals surface area (Å²) in [6.07, 6.45) is 0.934. The van der Waals surface area contributed by atoms with Crippen molar-refractivity contribution in [1.29, 1.82) is 0 Å². The summed E-state index contributed by atoms with van der Waals surface area (Å²) in [4.78, 5) is 9.20. The molecule has 0 radical (unpaired) electrons. The van der Waals surface area contributed by atoms with Crippen LogP contribution in [0.25, 0.3) is 34.1 Å². The van der Waals surface area contributed by atoms with Gasteiger partial charge in [-0.05, 0) is 30.7 Å². The van der Waals surface area contributed by atoms with Crippen molar-refractivity contribution in [3.63, 3.8) is 0 Å². The molecule has 0 saturated heterocycles. The van der Waals surface area contributed by atoms with Crippen LogP contribution in [0.1, 0.15) is 11.9 Å². The Morgan fingerprint density at radius 1 is 0.929 bits per heavy atom. The van der Waals surface area contributed by atoms with E-state index in [9.17, 15) is 0 Å². The second kappa shape index (κ2) is 7.82. The van der Waals surface area contributed by atoms with Crippen molar-refractivity contribution < 1.29 is 14.0 Å². The molecule has 0 unspecified atom stereocenters. The average Bonchev–Trinajstić information content (AvgIpc) is 3.43. The first-order chi connectivity index (χ1) is 13.7. The second-order valence-electron chi connectivity index (χ2n) is 6.05. The van der Waals surface area contributed by atoms with E-state index in [-0.39, 0.29) is 0 Å². The molecule has 2 aromatic heterocycles. The molecule has 142 valence electrons. The van der Waals surface area contributed by atoms with Gasteiger partial charge < -0.3 is 14.0 Å². The molecule has 0 N–H and O–H groups in total. The summed E-state index contributed by atoms with van der Waals surface area (Å²) >= 11 is 1.67. The first kappa shape index (κ1) is 18.2. The normalized spacial score (nSPS) is 10.8. The monoisotopic (exact) mass is 393 g/mol. The van der Waals surface area contributed by atoms with Crippen molar-refractivity contribution in [1.82, 2.24) is 15.1 Å². The number of hydrogen-bond acceptors (Lipinski definition) is 7. The van der Waals surface area contributed by atoms with Gasteiger partial charge in [0.1, 0.15) is 0 Å². The number of rotatable bonds is 6. The van der Waals surface area contributed by atoms with Gasteiger partial charge in [0.2, 0.25) is 5.82 Å². The van der Waals surface area contributed by atoms with E-state index in [1.807, 2.05) is 42.5 Å². The van der Waals surface area contributed by atoms with Gasteiger partial charge >= 0.3 is 0 Å². The quantitative estimate of drug-likeness (QED) is 0.453. The zero-order chi connectivity index (χ0) is 19.5. The predicted molar refractivity (Wildman–Crippen MR) is 109 cm³/mol. The van der Waals surface area contributed by atoms with Gasteiger partial charge in [0.25, 0.3) is 5.89 Å². The zero-order valence-electron chi connectivity index (χ0n) is 15.8. The van der Waals surface area contributed by atoms with Crippen molar-refractivity contribution in [2.24, 2.45) is 0 Å². The third-order valence-corrected chi connectivity index (χ3v) is 5.32. The summed E-state index contributed by atoms with van der Waals surface area (Å²) in [5.41, 5.74) is 3.64. The largest absolute Gasteiger partial charge is 0.493 e. The Hall–Kier alpha value is -3.19. The number of hydrogen-bond donors (Lipinski definition) is 0. The van der Waals surface area contributed by atoms with Crippen LogP contribution in [0.3, 0.4) is 0 Å². The van der Waals surface area contributed by atoms with E-state index >= 15 is 0 Å². The SMILES string of the molecule is CCc1nc(-c2cccc(-c3noc(-c4ccc(OC)c(OC)c4)n3)c2)cs1. The summed E-state index contributed by atoms with van der Waals surface area (Å²) in [5.74, 6) is 2.20. The third kappa shape index (κ3) is 3.48. The highest BCUT2D eigenvalue weighted by Gasteiger charge is 2.14. The minimum Gasteiger partial charge on any atom is -0.493 e. The maximum absolute atomic E-state index is 5.47. The van der Waals surface area contributed by atoms with E-state index in [2.05, 4.69) is 27.4 Å². The van der Waals surface area contributed by atoms with E-state index in [1.54, 1.807) is 25.6 Å². The van der Waals surface area contributed by atoms with Gasteiger partial charge in [0, 0.05) is 22.1 Å². The molecule has 6 nitrogen and oxygen atoms in total. The Balaban J connectivity index is 1.65. The minimum atomic E-state index is 0.420. The number of aryl methyl sites for hydroxylation is 1. The maximum atomic E-state index is 5.47. The van der Waals surface area contributed by atoms with E-state index in [0.717, 1.165) is 33.8 Å². The predicted octanol–water partition coefficient (Wildman–Crippen LogP) is 5.11. The van der Waals surface area contributed by atoms with Crippen molar-refractivity contribution in [3.8, 4) is 45.6 Å². The lowest BCUT2D eigenvalue weighted by molar-refractivity contribution is 0.355. The van der Waals surface area contributed by atoms with E-state index < -0.39 is 0 Å². The number of ether oxygens (including phenoxy) is 2. The molecule has 2 aromatic carbocycles. The number of benzene rings is 2. The van der Waals surface area contributed by atoms with Gasteiger partial charge in [-0.2, -0.15) is 4.98 Å². The summed E-state index contributed by atoms with van der Waals surface area (Å²) in [5, 5.41) is 7.33. The summed E-state index contributed by atoms with van der Waals surface area (Å²) in [6, 6.07) is 13.5. The Morgan fingerprint density at radius 3 is 2.50 bits per heavy atom. The highest BCUT2D eigenvalue weighted by Crippen LogP contribution is 2.33. The third-order valence-electron chi connectivity index (χ3n) is 4.33. The second-order valence-corrected chi connectivity index (χ2v) is 7.00. The molecule has 28 heavy (non-hydrogen) atoms. The van der Waals surface area contributed by atoms with Gasteiger partial charge in [-0.25, -0.2) is 4.98 Å². The molecule has 7 heteroatoms. The number of methoxy groups -OCH3 is 2. The first-order valence-corrected chi connectivity index (χ1v) is 9.71. The molecule has 0 aliphatic rings. The molecule has 0 amide bonds. The molecule has 4 rings (SSSR count). The lowest BCUT2D eigenvalue weighted by Crippen LogP contribution is -1.91. The van der Waals surface area contributed by atoms with Crippen molar-refractivity contribution >= 4 is 11.3 Å². The van der Waals surface area contributed by atoms with Crippen LogP contribution in [-0.4, -0.2) is 29.3 Å². The summed E-state index contributed by atoms with van der Waals surface area (Å²) in [7, 11) is 3.19. The molecule has 0 saturated carbocycles. The molecule has 0 aliphatic carbocycles. The molecule has 0 bridgehead atoms. The smallest absolute Gasteiger partial charge is 0.258 e. The van der Waals surface area contributed by atoms with Gasteiger partial charge in [0.05, 0.1) is 24.9 Å². The van der Waals surface area contributed by atoms with Crippen molar-refractivity contribution in [3.05, 3.63) is 52.9 Å². The molecule has 2 heterocycles. The molecular formula is C21H19N3O3S. The standard InChI is InChI=1S/C21H19N3O3S/c1-4-19-22-16(12-28-19)13-6-5-7-14(10-13)20-23-21(27-24-20)15-8-9-17(25-2)18(11-15)26-3/h5-12H,4H2,1-3H3. The van der Waals surface area contributed by atoms with E-state index in [1.165, 1.54) is 0 Å². The zero-order valence-corrected chi connectivity index (χ0v) is 16.6. The molecule has 0 spiro atoms. The maximum Gasteiger partial charge on any atom is 0.258 e. The number of thiazole rings is 1. The lowest BCUT2D eigenvalue weighted by atomic mass is 10.1. The van der Waals surface area contributed by atoms with Crippen molar-refractivity contribution in [2.45, 2.75) is 13.3 Å². The fourth-order valence-corrected chi connectivity index (χ4v) is 3.60. The summed E-state index contributed by atoms with van der Waals surface area (Å²) < 4.78 is 16.1.